The number of hydrogen-bond donors (Lipinski definition) is 0. The molecule has 0 saturated heterocycles. The number of ether oxygens (including phenoxy) is 1. The zero-order valence-electron chi connectivity index (χ0n) is 5.96. The third-order valence-electron chi connectivity index (χ3n) is 1.30. The summed E-state index contributed by atoms with van der Waals surface area (Å²) in [6, 6.07) is 0. The maximum atomic E-state index is 12.3. The van der Waals surface area contributed by atoms with Crippen molar-refractivity contribution in [1.29, 1.82) is 0 Å². The average Bonchev–Trinajstić information content (AvgIpc) is 2.10. The quantitative estimate of drug-likeness (QED) is 0.529. The van der Waals surface area contributed by atoms with Gasteiger partial charge in [0.2, 0.25) is 0 Å². The standard InChI is InChI=1S/C7H7FO3/c1-4(9)11-5-2-6(8)7(10)3-5/h2,5H,3H2,1H3. The molecule has 0 amide bonds. The maximum Gasteiger partial charge on any atom is 0.303 e. The van der Waals surface area contributed by atoms with Gasteiger partial charge in [0.1, 0.15) is 6.10 Å². The van der Waals surface area contributed by atoms with Gasteiger partial charge in [0.15, 0.2) is 11.6 Å². The van der Waals surface area contributed by atoms with E-state index in [1.54, 1.807) is 0 Å². The fraction of sp³-hybridized carbons (Fsp3) is 0.429. The van der Waals surface area contributed by atoms with E-state index in [0.717, 1.165) is 6.08 Å². The highest BCUT2D eigenvalue weighted by atomic mass is 19.1. The van der Waals surface area contributed by atoms with Crippen LogP contribution in [0.1, 0.15) is 13.3 Å². The number of ketones is 1. The first-order valence-corrected chi connectivity index (χ1v) is 3.17. The van der Waals surface area contributed by atoms with Gasteiger partial charge in [-0.1, -0.05) is 0 Å². The van der Waals surface area contributed by atoms with Gasteiger partial charge in [0.25, 0.3) is 0 Å². The summed E-state index contributed by atoms with van der Waals surface area (Å²) in [5.41, 5.74) is 0. The molecule has 0 aromatic rings. The van der Waals surface area contributed by atoms with E-state index in [9.17, 15) is 14.0 Å². The van der Waals surface area contributed by atoms with E-state index >= 15 is 0 Å². The summed E-state index contributed by atoms with van der Waals surface area (Å²) in [4.78, 5) is 20.9. The highest BCUT2D eigenvalue weighted by Crippen LogP contribution is 2.18. The number of Topliss-reactive ketones (excluding diaryl/α,β-unsaturated/α-hetero) is 1. The second kappa shape index (κ2) is 2.82. The number of halogens is 1. The number of hydrogen-bond acceptors (Lipinski definition) is 3. The van der Waals surface area contributed by atoms with Crippen molar-refractivity contribution in [2.45, 2.75) is 19.4 Å². The van der Waals surface area contributed by atoms with Crippen LogP contribution >= 0.6 is 0 Å². The van der Waals surface area contributed by atoms with Gasteiger partial charge in [-0.3, -0.25) is 9.59 Å². The molecule has 1 atom stereocenters. The summed E-state index contributed by atoms with van der Waals surface area (Å²) < 4.78 is 16.9. The van der Waals surface area contributed by atoms with Crippen molar-refractivity contribution >= 4 is 11.8 Å². The summed E-state index contributed by atoms with van der Waals surface area (Å²) in [5, 5.41) is 0. The topological polar surface area (TPSA) is 43.4 Å². The van der Waals surface area contributed by atoms with Gasteiger partial charge < -0.3 is 4.74 Å². The Hall–Kier alpha value is -1.19. The molecule has 0 radical (unpaired) electrons. The molecule has 3 nitrogen and oxygen atoms in total. The van der Waals surface area contributed by atoms with E-state index < -0.39 is 23.7 Å². The maximum absolute atomic E-state index is 12.3. The molecule has 1 rings (SSSR count). The van der Waals surface area contributed by atoms with Crippen LogP contribution in [0.3, 0.4) is 0 Å². The SMILES string of the molecule is CC(=O)OC1C=C(F)C(=O)C1. The average molecular weight is 158 g/mol. The fourth-order valence-electron chi connectivity index (χ4n) is 0.884. The van der Waals surface area contributed by atoms with E-state index in [1.807, 2.05) is 0 Å². The number of carbonyl (C=O) groups excluding carboxylic acids is 2. The van der Waals surface area contributed by atoms with Crippen LogP contribution in [-0.2, 0) is 14.3 Å². The van der Waals surface area contributed by atoms with Crippen LogP contribution in [0.5, 0.6) is 0 Å². The van der Waals surface area contributed by atoms with Crippen molar-refractivity contribution in [2.75, 3.05) is 0 Å². The van der Waals surface area contributed by atoms with E-state index in [1.165, 1.54) is 6.92 Å². The Morgan fingerprint density at radius 1 is 1.82 bits per heavy atom. The lowest BCUT2D eigenvalue weighted by atomic mass is 10.3. The molecule has 0 heterocycles. The molecule has 60 valence electrons. The molecule has 0 bridgehead atoms. The third-order valence-corrected chi connectivity index (χ3v) is 1.30. The van der Waals surface area contributed by atoms with Crippen LogP contribution < -0.4 is 0 Å². The highest BCUT2D eigenvalue weighted by molar-refractivity contribution is 5.96. The lowest BCUT2D eigenvalue weighted by Gasteiger charge is -2.04. The molecule has 0 N–H and O–H groups in total. The minimum atomic E-state index is -0.809. The van der Waals surface area contributed by atoms with Crippen LogP contribution in [0.4, 0.5) is 4.39 Å². The molecule has 0 spiro atoms. The minimum Gasteiger partial charge on any atom is -0.458 e. The van der Waals surface area contributed by atoms with Crippen LogP contribution in [0.25, 0.3) is 0 Å². The van der Waals surface area contributed by atoms with Crippen molar-refractivity contribution in [3.63, 3.8) is 0 Å². The van der Waals surface area contributed by atoms with Gasteiger partial charge in [-0.2, -0.15) is 0 Å². The molecule has 1 aliphatic rings. The molecule has 0 saturated carbocycles. The molecule has 0 aromatic carbocycles. The van der Waals surface area contributed by atoms with Crippen molar-refractivity contribution in [2.24, 2.45) is 0 Å². The van der Waals surface area contributed by atoms with Crippen molar-refractivity contribution in [3.8, 4) is 0 Å². The molecule has 4 heteroatoms. The Labute approximate surface area is 62.8 Å². The predicted molar refractivity (Wildman–Crippen MR) is 34.4 cm³/mol. The summed E-state index contributed by atoms with van der Waals surface area (Å²) in [7, 11) is 0. The first kappa shape index (κ1) is 7.91. The second-order valence-electron chi connectivity index (χ2n) is 2.29. The Bertz CT molecular complexity index is 232. The van der Waals surface area contributed by atoms with Crippen molar-refractivity contribution < 1.29 is 18.7 Å². The summed E-state index contributed by atoms with van der Waals surface area (Å²) in [6.45, 7) is 1.22. The Balaban J connectivity index is 2.54. The van der Waals surface area contributed by atoms with E-state index in [-0.39, 0.29) is 6.42 Å². The van der Waals surface area contributed by atoms with Gasteiger partial charge in [0.05, 0.1) is 6.42 Å². The van der Waals surface area contributed by atoms with E-state index in [2.05, 4.69) is 4.74 Å². The number of rotatable bonds is 1. The van der Waals surface area contributed by atoms with Gasteiger partial charge in [-0.15, -0.1) is 0 Å². The van der Waals surface area contributed by atoms with Crippen molar-refractivity contribution in [1.82, 2.24) is 0 Å². The zero-order valence-corrected chi connectivity index (χ0v) is 5.96. The summed E-state index contributed by atoms with van der Waals surface area (Å²) in [6.07, 6.45) is 0.259. The van der Waals surface area contributed by atoms with Crippen LogP contribution in [0.2, 0.25) is 0 Å². The zero-order chi connectivity index (χ0) is 8.43. The molecule has 1 aliphatic carbocycles. The van der Waals surface area contributed by atoms with Gasteiger partial charge in [0, 0.05) is 6.92 Å². The lowest BCUT2D eigenvalue weighted by Crippen LogP contribution is -2.12. The minimum absolute atomic E-state index is 0.0641. The number of esters is 1. The lowest BCUT2D eigenvalue weighted by molar-refractivity contribution is -0.144. The monoisotopic (exact) mass is 158 g/mol. The largest absolute Gasteiger partial charge is 0.458 e. The smallest absolute Gasteiger partial charge is 0.303 e. The summed E-state index contributed by atoms with van der Waals surface area (Å²) >= 11 is 0. The molecule has 0 aromatic heterocycles. The Morgan fingerprint density at radius 3 is 2.82 bits per heavy atom. The van der Waals surface area contributed by atoms with Crippen LogP contribution in [-0.4, -0.2) is 17.9 Å². The normalized spacial score (nSPS) is 23.3. The first-order valence-electron chi connectivity index (χ1n) is 3.17. The van der Waals surface area contributed by atoms with Gasteiger partial charge >= 0.3 is 5.97 Å². The fourth-order valence-corrected chi connectivity index (χ4v) is 0.884. The highest BCUT2D eigenvalue weighted by Gasteiger charge is 2.25. The molecule has 11 heavy (non-hydrogen) atoms. The number of allylic oxidation sites excluding steroid dienone is 1. The van der Waals surface area contributed by atoms with E-state index in [4.69, 9.17) is 0 Å². The second-order valence-corrected chi connectivity index (χ2v) is 2.29. The molecule has 0 aliphatic heterocycles. The van der Waals surface area contributed by atoms with Crippen molar-refractivity contribution in [3.05, 3.63) is 11.9 Å². The molecule has 1 unspecified atom stereocenters. The van der Waals surface area contributed by atoms with E-state index in [0.29, 0.717) is 0 Å². The Kier molecular flexibility index (Phi) is 2.03. The third kappa shape index (κ3) is 1.86. The predicted octanol–water partition coefficient (Wildman–Crippen LogP) is 0.744. The Morgan fingerprint density at radius 2 is 2.45 bits per heavy atom. The molecular weight excluding hydrogens is 151 g/mol. The van der Waals surface area contributed by atoms with Gasteiger partial charge in [-0.05, 0) is 6.08 Å². The first-order chi connectivity index (χ1) is 5.09. The van der Waals surface area contributed by atoms with Crippen LogP contribution in [0.15, 0.2) is 11.9 Å². The summed E-state index contributed by atoms with van der Waals surface area (Å²) in [5.74, 6) is -1.92. The van der Waals surface area contributed by atoms with Crippen LogP contribution in [0, 0.1) is 0 Å². The molecular formula is C7H7FO3. The van der Waals surface area contributed by atoms with Gasteiger partial charge in [-0.25, -0.2) is 4.39 Å². The molecule has 0 fully saturated rings. The number of carbonyl (C=O) groups is 2.